The van der Waals surface area contributed by atoms with Gasteiger partial charge in [0.25, 0.3) is 5.56 Å². The van der Waals surface area contributed by atoms with Crippen molar-refractivity contribution in [3.05, 3.63) is 56.5 Å². The van der Waals surface area contributed by atoms with Gasteiger partial charge in [0.05, 0.1) is 27.3 Å². The highest BCUT2D eigenvalue weighted by atomic mass is 35.5. The second-order valence-corrected chi connectivity index (χ2v) is 8.81. The second kappa shape index (κ2) is 7.82. The highest BCUT2D eigenvalue weighted by molar-refractivity contribution is 6.31. The summed E-state index contributed by atoms with van der Waals surface area (Å²) in [4.78, 5) is 23.6. The number of nitrogens with one attached hydrogen (secondary N) is 3. The van der Waals surface area contributed by atoms with Gasteiger partial charge in [0.1, 0.15) is 17.2 Å². The Morgan fingerprint density at radius 1 is 1.10 bits per heavy atom. The first-order valence-electron chi connectivity index (χ1n) is 10.1. The number of H-pyrrole nitrogens is 2. The lowest BCUT2D eigenvalue weighted by Crippen LogP contribution is -2.43. The van der Waals surface area contributed by atoms with E-state index in [1.807, 2.05) is 0 Å². The maximum atomic E-state index is 13.9. The summed E-state index contributed by atoms with van der Waals surface area (Å²) in [5.41, 5.74) is 8.53. The Kier molecular flexibility index (Phi) is 5.12. The summed E-state index contributed by atoms with van der Waals surface area (Å²) in [6, 6.07) is 7.97. The van der Waals surface area contributed by atoms with Crippen LogP contribution in [0, 0.1) is 5.82 Å². The molecule has 0 aliphatic heterocycles. The van der Waals surface area contributed by atoms with Crippen molar-refractivity contribution in [3.8, 4) is 11.4 Å². The summed E-state index contributed by atoms with van der Waals surface area (Å²) >= 11 is 12.2. The van der Waals surface area contributed by atoms with Crippen LogP contribution in [-0.2, 0) is 0 Å². The molecule has 5 rings (SSSR count). The van der Waals surface area contributed by atoms with Crippen LogP contribution in [0.4, 0.5) is 10.1 Å². The Bertz CT molecular complexity index is 1330. The van der Waals surface area contributed by atoms with E-state index in [-0.39, 0.29) is 22.7 Å². The van der Waals surface area contributed by atoms with Crippen molar-refractivity contribution in [2.75, 3.05) is 5.32 Å². The first kappa shape index (κ1) is 20.3. The molecule has 31 heavy (non-hydrogen) atoms. The van der Waals surface area contributed by atoms with Gasteiger partial charge in [-0.3, -0.25) is 4.79 Å². The zero-order valence-corrected chi connectivity index (χ0v) is 17.9. The average molecular weight is 460 g/mol. The summed E-state index contributed by atoms with van der Waals surface area (Å²) in [5.74, 6) is -0.248. The van der Waals surface area contributed by atoms with Crippen LogP contribution in [0.3, 0.4) is 0 Å². The molecule has 2 heterocycles. The highest BCUT2D eigenvalue weighted by Crippen LogP contribution is 2.35. The fourth-order valence-corrected chi connectivity index (χ4v) is 4.62. The molecule has 2 aromatic carbocycles. The number of nitrogens with two attached hydrogens (primary N) is 1. The highest BCUT2D eigenvalue weighted by Gasteiger charge is 2.26. The Labute approximate surface area is 187 Å². The monoisotopic (exact) mass is 459 g/mol. The number of hydrogen-bond acceptors (Lipinski definition) is 4. The molecule has 0 radical (unpaired) electrons. The molecule has 9 heteroatoms. The number of halogens is 3. The molecule has 0 saturated heterocycles. The van der Waals surface area contributed by atoms with Crippen LogP contribution in [0.1, 0.15) is 25.7 Å². The van der Waals surface area contributed by atoms with Crippen molar-refractivity contribution in [3.63, 3.8) is 0 Å². The van der Waals surface area contributed by atoms with E-state index in [9.17, 15) is 9.18 Å². The fraction of sp³-hybridized carbons (Fsp3) is 0.273. The summed E-state index contributed by atoms with van der Waals surface area (Å²) in [6.07, 6.45) is 3.96. The zero-order chi connectivity index (χ0) is 21.7. The molecule has 5 N–H and O–H groups in total. The lowest BCUT2D eigenvalue weighted by Gasteiger charge is -2.31. The van der Waals surface area contributed by atoms with Gasteiger partial charge >= 0.3 is 0 Å². The van der Waals surface area contributed by atoms with Crippen LogP contribution >= 0.6 is 23.2 Å². The first-order valence-corrected chi connectivity index (χ1v) is 10.9. The minimum Gasteiger partial charge on any atom is -0.379 e. The Morgan fingerprint density at radius 2 is 1.90 bits per heavy atom. The Hall–Kier alpha value is -2.61. The van der Waals surface area contributed by atoms with Crippen LogP contribution < -0.4 is 16.6 Å². The first-order chi connectivity index (χ1) is 14.9. The maximum Gasteiger partial charge on any atom is 0.261 e. The van der Waals surface area contributed by atoms with Gasteiger partial charge in [0.15, 0.2) is 0 Å². The smallest absolute Gasteiger partial charge is 0.261 e. The number of nitrogens with zero attached hydrogens (tertiary/aromatic N) is 1. The molecule has 0 spiro atoms. The number of aromatic nitrogens is 3. The topological polar surface area (TPSA) is 99.6 Å². The summed E-state index contributed by atoms with van der Waals surface area (Å²) < 4.78 is 13.9. The molecule has 6 nitrogen and oxygen atoms in total. The molecule has 2 atom stereocenters. The molecule has 1 fully saturated rings. The molecular weight excluding hydrogens is 440 g/mol. The van der Waals surface area contributed by atoms with Crippen molar-refractivity contribution >= 4 is 50.8 Å². The van der Waals surface area contributed by atoms with Crippen molar-refractivity contribution in [2.24, 2.45) is 5.73 Å². The van der Waals surface area contributed by atoms with Gasteiger partial charge < -0.3 is 21.0 Å². The number of hydrogen-bond donors (Lipinski definition) is 4. The van der Waals surface area contributed by atoms with Gasteiger partial charge in [0.2, 0.25) is 0 Å². The van der Waals surface area contributed by atoms with Gasteiger partial charge in [-0.2, -0.15) is 0 Å². The third kappa shape index (κ3) is 3.67. The van der Waals surface area contributed by atoms with Crippen molar-refractivity contribution < 1.29 is 4.39 Å². The molecule has 4 aromatic rings. The molecule has 1 saturated carbocycles. The van der Waals surface area contributed by atoms with Crippen LogP contribution in [0.25, 0.3) is 33.3 Å². The van der Waals surface area contributed by atoms with Crippen LogP contribution in [-0.4, -0.2) is 27.0 Å². The lowest BCUT2D eigenvalue weighted by atomic mass is 9.90. The van der Waals surface area contributed by atoms with Gasteiger partial charge in [-0.05, 0) is 37.1 Å². The minimum atomic E-state index is -0.560. The van der Waals surface area contributed by atoms with E-state index >= 15 is 0 Å². The van der Waals surface area contributed by atoms with E-state index in [2.05, 4.69) is 20.3 Å². The summed E-state index contributed by atoms with van der Waals surface area (Å²) in [6.45, 7) is 0. The largest absolute Gasteiger partial charge is 0.379 e. The second-order valence-electron chi connectivity index (χ2n) is 7.96. The van der Waals surface area contributed by atoms with Crippen molar-refractivity contribution in [1.82, 2.24) is 15.0 Å². The van der Waals surface area contributed by atoms with E-state index < -0.39 is 5.82 Å². The molecule has 0 amide bonds. The lowest BCUT2D eigenvalue weighted by molar-refractivity contribution is 0.404. The zero-order valence-electron chi connectivity index (χ0n) is 16.4. The number of aromatic amines is 2. The third-order valence-electron chi connectivity index (χ3n) is 5.89. The van der Waals surface area contributed by atoms with Gasteiger partial charge in [0, 0.05) is 28.6 Å². The van der Waals surface area contributed by atoms with Crippen LogP contribution in [0.5, 0.6) is 0 Å². The predicted octanol–water partition coefficient (Wildman–Crippen LogP) is 5.20. The van der Waals surface area contributed by atoms with E-state index in [4.69, 9.17) is 28.9 Å². The SMILES string of the molecule is N[C@@H]1CCCC[C@H]1Nc1c(-c2nc3cc(Cl)c(F)cc3[nH]2)c(=O)[nH]c2ccc(Cl)cc12. The number of fused-ring (bicyclic) bond motifs is 2. The molecular formula is C22H20Cl2FN5O. The van der Waals surface area contributed by atoms with E-state index in [0.29, 0.717) is 38.6 Å². The molecule has 0 unspecified atom stereocenters. The maximum absolute atomic E-state index is 13.9. The van der Waals surface area contributed by atoms with Crippen molar-refractivity contribution in [2.45, 2.75) is 37.8 Å². The molecule has 2 aromatic heterocycles. The quantitative estimate of drug-likeness (QED) is 0.338. The van der Waals surface area contributed by atoms with Crippen LogP contribution in [0.15, 0.2) is 35.1 Å². The third-order valence-corrected chi connectivity index (χ3v) is 6.41. The summed E-state index contributed by atoms with van der Waals surface area (Å²) in [7, 11) is 0. The molecule has 1 aliphatic rings. The molecule has 0 bridgehead atoms. The Morgan fingerprint density at radius 3 is 2.71 bits per heavy atom. The van der Waals surface area contributed by atoms with Crippen LogP contribution in [0.2, 0.25) is 10.0 Å². The van der Waals surface area contributed by atoms with Gasteiger partial charge in [-0.1, -0.05) is 36.0 Å². The normalized spacial score (nSPS) is 19.2. The number of pyridine rings is 1. The standard InChI is InChI=1S/C22H20Cl2FN5O/c23-10-5-6-15-11(7-10)20(27-16-4-2-1-3-14(16)26)19(22(31)30-15)21-28-17-8-12(24)13(25)9-18(17)29-21/h5-9,14,16H,1-4,26H2,(H,28,29)(H2,27,30,31)/t14-,16-/m1/s1. The average Bonchev–Trinajstić information content (AvgIpc) is 3.12. The number of anilines is 1. The van der Waals surface area contributed by atoms with E-state index in [1.54, 1.807) is 18.2 Å². The predicted molar refractivity (Wildman–Crippen MR) is 123 cm³/mol. The number of rotatable bonds is 3. The number of benzene rings is 2. The van der Waals surface area contributed by atoms with E-state index in [1.165, 1.54) is 12.1 Å². The molecule has 160 valence electrons. The minimum absolute atomic E-state index is 0.00717. The fourth-order valence-electron chi connectivity index (χ4n) is 4.29. The van der Waals surface area contributed by atoms with Gasteiger partial charge in [-0.25, -0.2) is 9.37 Å². The Balaban J connectivity index is 1.75. The van der Waals surface area contributed by atoms with Crippen molar-refractivity contribution in [1.29, 1.82) is 0 Å². The van der Waals surface area contributed by atoms with E-state index in [0.717, 1.165) is 31.1 Å². The summed E-state index contributed by atoms with van der Waals surface area (Å²) in [5, 5.41) is 4.78. The number of imidazole rings is 1. The van der Waals surface area contributed by atoms with Gasteiger partial charge in [-0.15, -0.1) is 0 Å². The molecule has 1 aliphatic carbocycles.